The summed E-state index contributed by atoms with van der Waals surface area (Å²) in [5.41, 5.74) is 1.05. The molecule has 0 spiro atoms. The van der Waals surface area contributed by atoms with Gasteiger partial charge in [-0.2, -0.15) is 0 Å². The molecule has 0 saturated heterocycles. The number of benzene rings is 1. The largest absolute Gasteiger partial charge is 0.356 e. The highest BCUT2D eigenvalue weighted by Gasteiger charge is 2.09. The van der Waals surface area contributed by atoms with Crippen LogP contribution in [0.4, 0.5) is 4.39 Å². The summed E-state index contributed by atoms with van der Waals surface area (Å²) in [5.74, 6) is -0.307. The predicted molar refractivity (Wildman–Crippen MR) is 46.4 cm³/mol. The lowest BCUT2D eigenvalue weighted by atomic mass is 10.2. The maximum atomic E-state index is 13.2. The van der Waals surface area contributed by atoms with E-state index in [1.165, 1.54) is 6.07 Å². The van der Waals surface area contributed by atoms with E-state index in [1.807, 2.05) is 0 Å². The third-order valence-electron chi connectivity index (χ3n) is 1.66. The van der Waals surface area contributed by atoms with Crippen LogP contribution in [0.15, 0.2) is 21.1 Å². The van der Waals surface area contributed by atoms with Crippen LogP contribution in [0.25, 0.3) is 11.0 Å². The standard InChI is InChI=1S/C8H5BrFNO/c1-4-8-6(10)2-5(9)3-7(8)12-11-4/h2-3H,1H3. The van der Waals surface area contributed by atoms with Crippen LogP contribution >= 0.6 is 15.9 Å². The molecule has 0 aliphatic rings. The van der Waals surface area contributed by atoms with Crippen molar-refractivity contribution < 1.29 is 8.91 Å². The van der Waals surface area contributed by atoms with E-state index >= 15 is 0 Å². The summed E-state index contributed by atoms with van der Waals surface area (Å²) < 4.78 is 18.8. The summed E-state index contributed by atoms with van der Waals surface area (Å²) in [5, 5.41) is 4.12. The van der Waals surface area contributed by atoms with E-state index in [-0.39, 0.29) is 5.82 Å². The Labute approximate surface area is 76.5 Å². The number of fused-ring (bicyclic) bond motifs is 1. The minimum atomic E-state index is -0.307. The van der Waals surface area contributed by atoms with E-state index in [0.29, 0.717) is 21.1 Å². The molecule has 4 heteroatoms. The highest BCUT2D eigenvalue weighted by Crippen LogP contribution is 2.25. The molecule has 0 amide bonds. The first-order chi connectivity index (χ1) is 5.68. The monoisotopic (exact) mass is 229 g/mol. The molecule has 1 aromatic heterocycles. The van der Waals surface area contributed by atoms with Gasteiger partial charge in [-0.1, -0.05) is 21.1 Å². The predicted octanol–water partition coefficient (Wildman–Crippen LogP) is 3.04. The normalized spacial score (nSPS) is 10.9. The quantitative estimate of drug-likeness (QED) is 0.695. The van der Waals surface area contributed by atoms with Crippen LogP contribution < -0.4 is 0 Å². The van der Waals surface area contributed by atoms with Gasteiger partial charge in [0.25, 0.3) is 0 Å². The Hall–Kier alpha value is -0.900. The van der Waals surface area contributed by atoms with Crippen molar-refractivity contribution in [2.45, 2.75) is 6.92 Å². The van der Waals surface area contributed by atoms with Crippen LogP contribution in [0.3, 0.4) is 0 Å². The summed E-state index contributed by atoms with van der Waals surface area (Å²) in [4.78, 5) is 0. The Bertz CT molecular complexity index is 438. The molecule has 12 heavy (non-hydrogen) atoms. The van der Waals surface area contributed by atoms with Gasteiger partial charge in [0.05, 0.1) is 11.1 Å². The highest BCUT2D eigenvalue weighted by molar-refractivity contribution is 9.10. The molecule has 0 unspecified atom stereocenters. The zero-order chi connectivity index (χ0) is 8.72. The lowest BCUT2D eigenvalue weighted by Gasteiger charge is -1.92. The second kappa shape index (κ2) is 2.55. The summed E-state index contributed by atoms with van der Waals surface area (Å²) in [6.07, 6.45) is 0. The Morgan fingerprint density at radius 1 is 1.50 bits per heavy atom. The molecule has 0 aliphatic carbocycles. The smallest absolute Gasteiger partial charge is 0.171 e. The van der Waals surface area contributed by atoms with Gasteiger partial charge in [0.15, 0.2) is 5.58 Å². The summed E-state index contributed by atoms with van der Waals surface area (Å²) >= 11 is 3.16. The van der Waals surface area contributed by atoms with Crippen molar-refractivity contribution in [1.29, 1.82) is 0 Å². The molecule has 2 rings (SSSR count). The van der Waals surface area contributed by atoms with Crippen LogP contribution in [0.2, 0.25) is 0 Å². The Morgan fingerprint density at radius 2 is 2.25 bits per heavy atom. The molecular weight excluding hydrogens is 225 g/mol. The second-order valence-corrected chi connectivity index (χ2v) is 3.44. The van der Waals surface area contributed by atoms with Gasteiger partial charge in [-0.15, -0.1) is 0 Å². The molecule has 0 fully saturated rings. The Kier molecular flexibility index (Phi) is 1.65. The van der Waals surface area contributed by atoms with Crippen LogP contribution in [-0.2, 0) is 0 Å². The number of aromatic nitrogens is 1. The SMILES string of the molecule is Cc1noc2cc(Br)cc(F)c12. The van der Waals surface area contributed by atoms with Crippen molar-refractivity contribution in [1.82, 2.24) is 5.16 Å². The number of rotatable bonds is 0. The van der Waals surface area contributed by atoms with Crippen molar-refractivity contribution in [2.24, 2.45) is 0 Å². The first-order valence-electron chi connectivity index (χ1n) is 3.39. The van der Waals surface area contributed by atoms with Gasteiger partial charge in [-0.25, -0.2) is 4.39 Å². The number of hydrogen-bond acceptors (Lipinski definition) is 2. The van der Waals surface area contributed by atoms with Crippen LogP contribution in [0, 0.1) is 12.7 Å². The zero-order valence-electron chi connectivity index (χ0n) is 6.27. The fourth-order valence-corrected chi connectivity index (χ4v) is 1.55. The molecule has 62 valence electrons. The third kappa shape index (κ3) is 1.03. The van der Waals surface area contributed by atoms with E-state index in [2.05, 4.69) is 21.1 Å². The minimum Gasteiger partial charge on any atom is -0.356 e. The Balaban J connectivity index is 2.93. The molecule has 0 atom stereocenters. The number of nitrogens with zero attached hydrogens (tertiary/aromatic N) is 1. The van der Waals surface area contributed by atoms with Gasteiger partial charge in [-0.3, -0.25) is 0 Å². The lowest BCUT2D eigenvalue weighted by molar-refractivity contribution is 0.450. The maximum absolute atomic E-state index is 13.2. The van der Waals surface area contributed by atoms with Crippen LogP contribution in [-0.4, -0.2) is 5.16 Å². The van der Waals surface area contributed by atoms with Crippen LogP contribution in [0.5, 0.6) is 0 Å². The molecule has 0 bridgehead atoms. The summed E-state index contributed by atoms with van der Waals surface area (Å²) in [6, 6.07) is 3.09. The highest BCUT2D eigenvalue weighted by atomic mass is 79.9. The van der Waals surface area contributed by atoms with E-state index in [0.717, 1.165) is 0 Å². The van der Waals surface area contributed by atoms with E-state index in [9.17, 15) is 4.39 Å². The molecule has 1 aromatic carbocycles. The first-order valence-corrected chi connectivity index (χ1v) is 4.19. The van der Waals surface area contributed by atoms with Crippen molar-refractivity contribution >= 4 is 26.9 Å². The molecule has 0 radical (unpaired) electrons. The second-order valence-electron chi connectivity index (χ2n) is 2.53. The summed E-state index contributed by atoms with van der Waals surface area (Å²) in [7, 11) is 0. The fraction of sp³-hybridized carbons (Fsp3) is 0.125. The minimum absolute atomic E-state index is 0.307. The summed E-state index contributed by atoms with van der Waals surface area (Å²) in [6.45, 7) is 1.71. The molecule has 2 aromatic rings. The van der Waals surface area contributed by atoms with Crippen molar-refractivity contribution in [3.63, 3.8) is 0 Å². The van der Waals surface area contributed by atoms with Gasteiger partial charge in [0.2, 0.25) is 0 Å². The van der Waals surface area contributed by atoms with Crippen molar-refractivity contribution in [2.75, 3.05) is 0 Å². The molecule has 0 aliphatic heterocycles. The number of aryl methyl sites for hydroxylation is 1. The molecule has 2 nitrogen and oxygen atoms in total. The molecule has 0 saturated carbocycles. The molecule has 0 N–H and O–H groups in total. The van der Waals surface area contributed by atoms with E-state index in [4.69, 9.17) is 4.52 Å². The average molecular weight is 230 g/mol. The topological polar surface area (TPSA) is 26.0 Å². The van der Waals surface area contributed by atoms with E-state index in [1.54, 1.807) is 13.0 Å². The molecule has 1 heterocycles. The lowest BCUT2D eigenvalue weighted by Crippen LogP contribution is -1.78. The third-order valence-corrected chi connectivity index (χ3v) is 2.12. The van der Waals surface area contributed by atoms with Gasteiger partial charge in [0.1, 0.15) is 5.82 Å². The fourth-order valence-electron chi connectivity index (χ4n) is 1.14. The number of hydrogen-bond donors (Lipinski definition) is 0. The maximum Gasteiger partial charge on any atom is 0.171 e. The average Bonchev–Trinajstić information content (AvgIpc) is 2.31. The molecular formula is C8H5BrFNO. The van der Waals surface area contributed by atoms with E-state index < -0.39 is 0 Å². The zero-order valence-corrected chi connectivity index (χ0v) is 7.85. The van der Waals surface area contributed by atoms with Gasteiger partial charge in [-0.05, 0) is 19.1 Å². The van der Waals surface area contributed by atoms with Gasteiger partial charge < -0.3 is 4.52 Å². The van der Waals surface area contributed by atoms with Crippen LogP contribution in [0.1, 0.15) is 5.69 Å². The van der Waals surface area contributed by atoms with Gasteiger partial charge in [0, 0.05) is 4.47 Å². The van der Waals surface area contributed by atoms with Crippen molar-refractivity contribution in [3.8, 4) is 0 Å². The van der Waals surface area contributed by atoms with Crippen molar-refractivity contribution in [3.05, 3.63) is 28.1 Å². The Morgan fingerprint density at radius 3 is 3.00 bits per heavy atom. The van der Waals surface area contributed by atoms with Gasteiger partial charge >= 0.3 is 0 Å². The first kappa shape index (κ1) is 7.73. The number of halogens is 2.